The van der Waals surface area contributed by atoms with E-state index in [2.05, 4.69) is 44.7 Å². The maximum absolute atomic E-state index is 4.57. The van der Waals surface area contributed by atoms with Gasteiger partial charge in [-0.1, -0.05) is 30.3 Å². The van der Waals surface area contributed by atoms with Gasteiger partial charge in [0.05, 0.1) is 11.9 Å². The SMILES string of the molecule is CCNC(=NCc1ncc(-c2ccccc2)[nH]1)NC1CC1.I. The van der Waals surface area contributed by atoms with Gasteiger partial charge in [0.15, 0.2) is 5.96 Å². The minimum absolute atomic E-state index is 0. The number of rotatable bonds is 5. The third kappa shape index (κ3) is 4.72. The predicted octanol–water partition coefficient (Wildman–Crippen LogP) is 2.91. The second kappa shape index (κ2) is 8.17. The number of imidazole rings is 1. The molecule has 0 amide bonds. The van der Waals surface area contributed by atoms with Crippen LogP contribution in [0.3, 0.4) is 0 Å². The summed E-state index contributed by atoms with van der Waals surface area (Å²) >= 11 is 0. The van der Waals surface area contributed by atoms with Gasteiger partial charge in [0, 0.05) is 12.6 Å². The van der Waals surface area contributed by atoms with Crippen LogP contribution in [0.1, 0.15) is 25.6 Å². The topological polar surface area (TPSA) is 65.1 Å². The minimum Gasteiger partial charge on any atom is -0.357 e. The number of benzene rings is 1. The van der Waals surface area contributed by atoms with Crippen molar-refractivity contribution in [3.05, 3.63) is 42.4 Å². The molecule has 2 aromatic rings. The van der Waals surface area contributed by atoms with Crippen LogP contribution in [0.4, 0.5) is 0 Å². The highest BCUT2D eigenvalue weighted by Gasteiger charge is 2.22. The molecular weight excluding hydrogens is 389 g/mol. The second-order valence-corrected chi connectivity index (χ2v) is 5.22. The fourth-order valence-corrected chi connectivity index (χ4v) is 2.10. The van der Waals surface area contributed by atoms with Crippen molar-refractivity contribution in [2.24, 2.45) is 4.99 Å². The zero-order valence-electron chi connectivity index (χ0n) is 12.7. The number of H-pyrrole nitrogens is 1. The molecule has 1 heterocycles. The lowest BCUT2D eigenvalue weighted by Gasteiger charge is -2.09. The first kappa shape index (κ1) is 16.8. The molecule has 1 fully saturated rings. The Morgan fingerprint density at radius 3 is 2.77 bits per heavy atom. The quantitative estimate of drug-likeness (QED) is 0.403. The zero-order valence-corrected chi connectivity index (χ0v) is 15.0. The second-order valence-electron chi connectivity index (χ2n) is 5.22. The highest BCUT2D eigenvalue weighted by atomic mass is 127. The Bertz CT molecular complexity index is 604. The van der Waals surface area contributed by atoms with Crippen LogP contribution in [0.15, 0.2) is 41.5 Å². The van der Waals surface area contributed by atoms with E-state index in [0.717, 1.165) is 29.6 Å². The van der Waals surface area contributed by atoms with Crippen LogP contribution in [-0.2, 0) is 6.54 Å². The Hall–Kier alpha value is -1.57. The highest BCUT2D eigenvalue weighted by molar-refractivity contribution is 14.0. The third-order valence-corrected chi connectivity index (χ3v) is 3.36. The Balaban J connectivity index is 0.00000176. The van der Waals surface area contributed by atoms with Gasteiger partial charge in [-0.15, -0.1) is 24.0 Å². The summed E-state index contributed by atoms with van der Waals surface area (Å²) in [6.45, 7) is 3.49. The van der Waals surface area contributed by atoms with Crippen LogP contribution >= 0.6 is 24.0 Å². The summed E-state index contributed by atoms with van der Waals surface area (Å²) in [4.78, 5) is 12.3. The molecule has 1 aromatic carbocycles. The first-order valence-electron chi connectivity index (χ1n) is 7.49. The normalized spacial score (nSPS) is 14.3. The molecule has 22 heavy (non-hydrogen) atoms. The molecule has 0 radical (unpaired) electrons. The highest BCUT2D eigenvalue weighted by Crippen LogP contribution is 2.18. The lowest BCUT2D eigenvalue weighted by atomic mass is 10.2. The van der Waals surface area contributed by atoms with Gasteiger partial charge in [-0.3, -0.25) is 0 Å². The Morgan fingerprint density at radius 1 is 1.32 bits per heavy atom. The first-order valence-corrected chi connectivity index (χ1v) is 7.49. The van der Waals surface area contributed by atoms with Crippen molar-refractivity contribution in [1.29, 1.82) is 0 Å². The molecule has 0 aliphatic heterocycles. The van der Waals surface area contributed by atoms with Gasteiger partial charge in [0.25, 0.3) is 0 Å². The van der Waals surface area contributed by atoms with E-state index in [4.69, 9.17) is 0 Å². The molecule has 0 spiro atoms. The molecule has 5 nitrogen and oxygen atoms in total. The van der Waals surface area contributed by atoms with E-state index in [1.807, 2.05) is 24.4 Å². The van der Waals surface area contributed by atoms with E-state index in [1.165, 1.54) is 12.8 Å². The molecule has 1 aliphatic carbocycles. The number of hydrogen-bond acceptors (Lipinski definition) is 2. The average Bonchev–Trinajstić information content (AvgIpc) is 3.20. The Morgan fingerprint density at radius 2 is 2.09 bits per heavy atom. The first-order chi connectivity index (χ1) is 10.3. The molecule has 3 rings (SSSR count). The van der Waals surface area contributed by atoms with E-state index >= 15 is 0 Å². The molecule has 0 saturated heterocycles. The van der Waals surface area contributed by atoms with Crippen molar-refractivity contribution in [3.63, 3.8) is 0 Å². The number of aromatic nitrogens is 2. The number of guanidine groups is 1. The van der Waals surface area contributed by atoms with Crippen molar-refractivity contribution in [1.82, 2.24) is 20.6 Å². The van der Waals surface area contributed by atoms with Gasteiger partial charge in [-0.2, -0.15) is 0 Å². The molecule has 0 bridgehead atoms. The Kier molecular flexibility index (Phi) is 6.23. The van der Waals surface area contributed by atoms with Crippen LogP contribution in [0, 0.1) is 0 Å². The summed E-state index contributed by atoms with van der Waals surface area (Å²) in [5.74, 6) is 1.75. The van der Waals surface area contributed by atoms with Gasteiger partial charge in [-0.05, 0) is 25.3 Å². The lowest BCUT2D eigenvalue weighted by molar-refractivity contribution is 0.804. The summed E-state index contributed by atoms with van der Waals surface area (Å²) in [5, 5.41) is 6.66. The third-order valence-electron chi connectivity index (χ3n) is 3.36. The molecule has 1 aromatic heterocycles. The summed E-state index contributed by atoms with van der Waals surface area (Å²) in [6, 6.07) is 10.8. The molecular formula is C16H22IN5. The van der Waals surface area contributed by atoms with E-state index in [-0.39, 0.29) is 24.0 Å². The molecule has 0 atom stereocenters. The largest absolute Gasteiger partial charge is 0.357 e. The maximum Gasteiger partial charge on any atom is 0.191 e. The lowest BCUT2D eigenvalue weighted by Crippen LogP contribution is -2.38. The van der Waals surface area contributed by atoms with Gasteiger partial charge in [-0.25, -0.2) is 9.98 Å². The van der Waals surface area contributed by atoms with Crippen molar-refractivity contribution in [3.8, 4) is 11.3 Å². The number of aromatic amines is 1. The monoisotopic (exact) mass is 411 g/mol. The fourth-order valence-electron chi connectivity index (χ4n) is 2.10. The van der Waals surface area contributed by atoms with Gasteiger partial charge in [0.2, 0.25) is 0 Å². The van der Waals surface area contributed by atoms with Crippen molar-refractivity contribution in [2.75, 3.05) is 6.54 Å². The molecule has 6 heteroatoms. The number of aliphatic imine (C=N–C) groups is 1. The van der Waals surface area contributed by atoms with Gasteiger partial charge < -0.3 is 15.6 Å². The van der Waals surface area contributed by atoms with Gasteiger partial charge in [0.1, 0.15) is 12.4 Å². The number of hydrogen-bond donors (Lipinski definition) is 3. The van der Waals surface area contributed by atoms with Crippen molar-refractivity contribution < 1.29 is 0 Å². The van der Waals surface area contributed by atoms with Crippen LogP contribution in [0.2, 0.25) is 0 Å². The van der Waals surface area contributed by atoms with Crippen molar-refractivity contribution >= 4 is 29.9 Å². The minimum atomic E-state index is 0. The molecule has 0 unspecified atom stereocenters. The van der Waals surface area contributed by atoms with E-state index in [1.54, 1.807) is 0 Å². The van der Waals surface area contributed by atoms with Crippen LogP contribution in [-0.4, -0.2) is 28.5 Å². The van der Waals surface area contributed by atoms with Gasteiger partial charge >= 0.3 is 0 Å². The van der Waals surface area contributed by atoms with Crippen molar-refractivity contribution in [2.45, 2.75) is 32.4 Å². The summed E-state index contributed by atoms with van der Waals surface area (Å²) in [5.41, 5.74) is 2.17. The molecule has 1 aliphatic rings. The number of nitrogens with one attached hydrogen (secondary N) is 3. The Labute approximate surface area is 148 Å². The summed E-state index contributed by atoms with van der Waals surface area (Å²) < 4.78 is 0. The van der Waals surface area contributed by atoms with E-state index in [9.17, 15) is 0 Å². The standard InChI is InChI=1S/C16H21N5.HI/c1-2-17-16(20-13-8-9-13)19-11-15-18-10-14(21-15)12-6-4-3-5-7-12;/h3-7,10,13H,2,8-9,11H2,1H3,(H,18,21)(H2,17,19,20);1H. The van der Waals surface area contributed by atoms with E-state index in [0.29, 0.717) is 12.6 Å². The van der Waals surface area contributed by atoms with Crippen LogP contribution < -0.4 is 10.6 Å². The summed E-state index contributed by atoms with van der Waals surface area (Å²) in [7, 11) is 0. The number of halogens is 1. The molecule has 3 N–H and O–H groups in total. The smallest absolute Gasteiger partial charge is 0.191 e. The predicted molar refractivity (Wildman–Crippen MR) is 100 cm³/mol. The summed E-state index contributed by atoms with van der Waals surface area (Å²) in [6.07, 6.45) is 4.34. The molecule has 1 saturated carbocycles. The maximum atomic E-state index is 4.57. The molecule has 118 valence electrons. The van der Waals surface area contributed by atoms with Crippen LogP contribution in [0.25, 0.3) is 11.3 Å². The fraction of sp³-hybridized carbons (Fsp3) is 0.375. The zero-order chi connectivity index (χ0) is 14.5. The average molecular weight is 411 g/mol. The van der Waals surface area contributed by atoms with E-state index < -0.39 is 0 Å². The van der Waals surface area contributed by atoms with Crippen LogP contribution in [0.5, 0.6) is 0 Å². The number of nitrogens with zero attached hydrogens (tertiary/aromatic N) is 2.